The van der Waals surface area contributed by atoms with Crippen molar-refractivity contribution in [3.8, 4) is 11.5 Å². The summed E-state index contributed by atoms with van der Waals surface area (Å²) < 4.78 is 15.0. The molecule has 7 heteroatoms. The van der Waals surface area contributed by atoms with E-state index in [1.54, 1.807) is 32.4 Å². The Kier molecular flexibility index (Phi) is 4.55. The summed E-state index contributed by atoms with van der Waals surface area (Å²) in [5.41, 5.74) is 0.817. The Morgan fingerprint density at radius 1 is 1.10 bits per heavy atom. The molecule has 110 valence electrons. The van der Waals surface area contributed by atoms with Crippen molar-refractivity contribution in [2.75, 3.05) is 26.6 Å². The first-order chi connectivity index (χ1) is 10.2. The van der Waals surface area contributed by atoms with E-state index in [1.807, 2.05) is 0 Å². The second kappa shape index (κ2) is 6.56. The van der Waals surface area contributed by atoms with Crippen LogP contribution in [0.3, 0.4) is 0 Å². The van der Waals surface area contributed by atoms with Crippen LogP contribution in [0.25, 0.3) is 0 Å². The van der Waals surface area contributed by atoms with Gasteiger partial charge in [0.2, 0.25) is 0 Å². The van der Waals surface area contributed by atoms with Crippen LogP contribution < -0.4 is 14.8 Å². The summed E-state index contributed by atoms with van der Waals surface area (Å²) in [7, 11) is 4.44. The summed E-state index contributed by atoms with van der Waals surface area (Å²) in [6.45, 7) is 0. The highest BCUT2D eigenvalue weighted by molar-refractivity contribution is 5.86. The normalized spacial score (nSPS) is 9.86. The molecule has 0 aliphatic rings. The van der Waals surface area contributed by atoms with Crippen molar-refractivity contribution in [3.05, 3.63) is 36.3 Å². The van der Waals surface area contributed by atoms with Crippen molar-refractivity contribution in [2.24, 2.45) is 0 Å². The van der Waals surface area contributed by atoms with Crippen LogP contribution in [0.2, 0.25) is 0 Å². The van der Waals surface area contributed by atoms with Crippen molar-refractivity contribution in [2.45, 2.75) is 0 Å². The van der Waals surface area contributed by atoms with Gasteiger partial charge in [0, 0.05) is 6.07 Å². The summed E-state index contributed by atoms with van der Waals surface area (Å²) in [4.78, 5) is 19.4. The predicted molar refractivity (Wildman–Crippen MR) is 76.2 cm³/mol. The molecule has 21 heavy (non-hydrogen) atoms. The molecule has 0 radical (unpaired) electrons. The zero-order chi connectivity index (χ0) is 15.2. The number of benzene rings is 1. The Morgan fingerprint density at radius 3 is 2.48 bits per heavy atom. The summed E-state index contributed by atoms with van der Waals surface area (Å²) >= 11 is 0. The Hall–Kier alpha value is -2.83. The molecule has 0 amide bonds. The minimum Gasteiger partial charge on any atom is -0.497 e. The quantitative estimate of drug-likeness (QED) is 0.843. The van der Waals surface area contributed by atoms with E-state index in [-0.39, 0.29) is 5.69 Å². The Labute approximate surface area is 121 Å². The van der Waals surface area contributed by atoms with Gasteiger partial charge >= 0.3 is 5.97 Å². The first kappa shape index (κ1) is 14.6. The zero-order valence-electron chi connectivity index (χ0n) is 11.9. The van der Waals surface area contributed by atoms with E-state index in [0.29, 0.717) is 23.0 Å². The largest absolute Gasteiger partial charge is 0.497 e. The molecule has 0 fully saturated rings. The van der Waals surface area contributed by atoms with Crippen molar-refractivity contribution < 1.29 is 19.0 Å². The molecule has 0 bridgehead atoms. The van der Waals surface area contributed by atoms with Gasteiger partial charge in [-0.3, -0.25) is 0 Å². The lowest BCUT2D eigenvalue weighted by atomic mass is 10.2. The Balaban J connectivity index is 2.23. The van der Waals surface area contributed by atoms with Crippen LogP contribution in [0.15, 0.2) is 30.6 Å². The van der Waals surface area contributed by atoms with Crippen LogP contribution in [0, 0.1) is 0 Å². The van der Waals surface area contributed by atoms with Gasteiger partial charge in [0.25, 0.3) is 0 Å². The van der Waals surface area contributed by atoms with Gasteiger partial charge < -0.3 is 19.5 Å². The number of hydrogen-bond donors (Lipinski definition) is 1. The molecule has 1 N–H and O–H groups in total. The lowest BCUT2D eigenvalue weighted by molar-refractivity contribution is 0.0593. The average Bonchev–Trinajstić information content (AvgIpc) is 2.54. The van der Waals surface area contributed by atoms with Gasteiger partial charge in [-0.2, -0.15) is 0 Å². The smallest absolute Gasteiger partial charge is 0.358 e. The number of hydrogen-bond acceptors (Lipinski definition) is 7. The topological polar surface area (TPSA) is 82.6 Å². The lowest BCUT2D eigenvalue weighted by Crippen LogP contribution is -2.06. The molecular formula is C14H15N3O4. The number of anilines is 2. The SMILES string of the molecule is COC(=O)c1cnc(Nc2cc(OC)ccc2OC)cn1. The summed E-state index contributed by atoms with van der Waals surface area (Å²) in [5, 5.41) is 3.05. The number of esters is 1. The van der Waals surface area contributed by atoms with E-state index in [0.717, 1.165) is 0 Å². The molecule has 0 spiro atoms. The summed E-state index contributed by atoms with van der Waals surface area (Å²) in [5.74, 6) is 1.24. The number of ether oxygens (including phenoxy) is 3. The predicted octanol–water partition coefficient (Wildman–Crippen LogP) is 2.02. The van der Waals surface area contributed by atoms with E-state index in [4.69, 9.17) is 9.47 Å². The number of carbonyl (C=O) groups excluding carboxylic acids is 1. The van der Waals surface area contributed by atoms with Gasteiger partial charge in [-0.05, 0) is 12.1 Å². The highest BCUT2D eigenvalue weighted by Crippen LogP contribution is 2.30. The molecule has 0 aliphatic heterocycles. The highest BCUT2D eigenvalue weighted by atomic mass is 16.5. The van der Waals surface area contributed by atoms with E-state index in [2.05, 4.69) is 20.0 Å². The number of rotatable bonds is 5. The van der Waals surface area contributed by atoms with Crippen LogP contribution in [0.4, 0.5) is 11.5 Å². The molecule has 2 rings (SSSR count). The maximum Gasteiger partial charge on any atom is 0.358 e. The number of methoxy groups -OCH3 is 3. The first-order valence-electron chi connectivity index (χ1n) is 6.07. The fraction of sp³-hybridized carbons (Fsp3) is 0.214. The molecule has 2 aromatic rings. The maximum absolute atomic E-state index is 11.3. The van der Waals surface area contributed by atoms with Gasteiger partial charge in [0.05, 0.1) is 39.4 Å². The lowest BCUT2D eigenvalue weighted by Gasteiger charge is -2.12. The number of nitrogens with zero attached hydrogens (tertiary/aromatic N) is 2. The van der Waals surface area contributed by atoms with Crippen molar-refractivity contribution in [1.82, 2.24) is 9.97 Å². The molecule has 1 aromatic carbocycles. The maximum atomic E-state index is 11.3. The Bertz CT molecular complexity index is 629. The molecule has 1 heterocycles. The fourth-order valence-electron chi connectivity index (χ4n) is 1.65. The van der Waals surface area contributed by atoms with Crippen molar-refractivity contribution >= 4 is 17.5 Å². The summed E-state index contributed by atoms with van der Waals surface area (Å²) in [6.07, 6.45) is 2.77. The van der Waals surface area contributed by atoms with Crippen LogP contribution >= 0.6 is 0 Å². The first-order valence-corrected chi connectivity index (χ1v) is 6.07. The second-order valence-corrected chi connectivity index (χ2v) is 3.97. The van der Waals surface area contributed by atoms with Gasteiger partial charge in [0.15, 0.2) is 5.69 Å². The van der Waals surface area contributed by atoms with Crippen LogP contribution in [-0.2, 0) is 4.74 Å². The van der Waals surface area contributed by atoms with Gasteiger partial charge in [-0.1, -0.05) is 0 Å². The van der Waals surface area contributed by atoms with E-state index in [9.17, 15) is 4.79 Å². The Morgan fingerprint density at radius 2 is 1.90 bits per heavy atom. The van der Waals surface area contributed by atoms with Crippen molar-refractivity contribution in [1.29, 1.82) is 0 Å². The minimum absolute atomic E-state index is 0.139. The monoisotopic (exact) mass is 289 g/mol. The van der Waals surface area contributed by atoms with Gasteiger partial charge in [-0.25, -0.2) is 14.8 Å². The molecule has 0 atom stereocenters. The van der Waals surface area contributed by atoms with Crippen LogP contribution in [0.5, 0.6) is 11.5 Å². The molecule has 7 nitrogen and oxygen atoms in total. The average molecular weight is 289 g/mol. The van der Waals surface area contributed by atoms with Crippen molar-refractivity contribution in [3.63, 3.8) is 0 Å². The van der Waals surface area contributed by atoms with E-state index in [1.165, 1.54) is 19.5 Å². The third-order valence-corrected chi connectivity index (χ3v) is 2.72. The highest BCUT2D eigenvalue weighted by Gasteiger charge is 2.09. The number of carbonyl (C=O) groups is 1. The van der Waals surface area contributed by atoms with Gasteiger partial charge in [0.1, 0.15) is 17.3 Å². The van der Waals surface area contributed by atoms with Gasteiger partial charge in [-0.15, -0.1) is 0 Å². The molecule has 0 saturated carbocycles. The molecular weight excluding hydrogens is 274 g/mol. The summed E-state index contributed by atoms with van der Waals surface area (Å²) in [6, 6.07) is 5.34. The number of nitrogens with one attached hydrogen (secondary N) is 1. The third-order valence-electron chi connectivity index (χ3n) is 2.72. The third kappa shape index (κ3) is 3.38. The molecule has 0 unspecified atom stereocenters. The molecule has 0 aliphatic carbocycles. The standard InChI is InChI=1S/C14H15N3O4/c1-19-9-4-5-12(20-2)10(6-9)17-13-8-15-11(7-16-13)14(18)21-3/h4-8H,1-3H3,(H,16,17). The zero-order valence-corrected chi connectivity index (χ0v) is 11.9. The second-order valence-electron chi connectivity index (χ2n) is 3.97. The number of aromatic nitrogens is 2. The van der Waals surface area contributed by atoms with Crippen LogP contribution in [0.1, 0.15) is 10.5 Å². The fourth-order valence-corrected chi connectivity index (χ4v) is 1.65. The van der Waals surface area contributed by atoms with Crippen LogP contribution in [-0.4, -0.2) is 37.3 Å². The van der Waals surface area contributed by atoms with E-state index >= 15 is 0 Å². The minimum atomic E-state index is -0.534. The molecule has 1 aromatic heterocycles. The molecule has 0 saturated heterocycles. The van der Waals surface area contributed by atoms with E-state index < -0.39 is 5.97 Å².